The lowest BCUT2D eigenvalue weighted by molar-refractivity contribution is -0.122. The predicted molar refractivity (Wildman–Crippen MR) is 112 cm³/mol. The number of methoxy groups -OCH3 is 1. The zero-order valence-corrected chi connectivity index (χ0v) is 17.6. The van der Waals surface area contributed by atoms with Crippen LogP contribution in [0.5, 0.6) is 11.5 Å². The Morgan fingerprint density at radius 1 is 1.03 bits per heavy atom. The van der Waals surface area contributed by atoms with Crippen molar-refractivity contribution in [3.05, 3.63) is 58.1 Å². The van der Waals surface area contributed by atoms with Gasteiger partial charge in [-0.2, -0.15) is 0 Å². The van der Waals surface area contributed by atoms with Crippen LogP contribution in [0.25, 0.3) is 6.08 Å². The molecule has 1 aliphatic rings. The Kier molecular flexibility index (Phi) is 6.03. The van der Waals surface area contributed by atoms with Crippen molar-refractivity contribution in [3.8, 4) is 11.5 Å². The van der Waals surface area contributed by atoms with Crippen molar-refractivity contribution in [2.75, 3.05) is 12.0 Å². The van der Waals surface area contributed by atoms with Gasteiger partial charge in [0.1, 0.15) is 5.57 Å². The van der Waals surface area contributed by atoms with E-state index in [9.17, 15) is 14.4 Å². The number of carbonyl (C=O) groups excluding carboxylic acids is 3. The number of benzene rings is 2. The summed E-state index contributed by atoms with van der Waals surface area (Å²) in [7, 11) is 1.51. The molecule has 7 nitrogen and oxygen atoms in total. The van der Waals surface area contributed by atoms with Crippen molar-refractivity contribution in [2.24, 2.45) is 0 Å². The number of carbonyl (C=O) groups is 3. The van der Waals surface area contributed by atoms with Gasteiger partial charge < -0.3 is 9.47 Å². The first-order valence-electron chi connectivity index (χ1n) is 8.82. The third kappa shape index (κ3) is 4.48. The first-order chi connectivity index (χ1) is 13.8. The minimum absolute atomic E-state index is 0.0377. The van der Waals surface area contributed by atoms with Gasteiger partial charge in [0.05, 0.1) is 18.9 Å². The van der Waals surface area contributed by atoms with Gasteiger partial charge in [-0.3, -0.25) is 14.9 Å². The Morgan fingerprint density at radius 2 is 1.72 bits per heavy atom. The second-order valence-corrected chi connectivity index (χ2v) is 7.43. The Balaban J connectivity index is 1.97. The molecule has 150 valence electrons. The van der Waals surface area contributed by atoms with Gasteiger partial charge in [0.25, 0.3) is 11.8 Å². The minimum Gasteiger partial charge on any atom is -0.493 e. The van der Waals surface area contributed by atoms with E-state index in [0.29, 0.717) is 22.7 Å². The molecule has 1 heterocycles. The summed E-state index contributed by atoms with van der Waals surface area (Å²) in [5, 5.41) is 2.20. The summed E-state index contributed by atoms with van der Waals surface area (Å²) in [6.45, 7) is 3.79. The number of ether oxygens (including phenoxy) is 2. The van der Waals surface area contributed by atoms with E-state index >= 15 is 0 Å². The topological polar surface area (TPSA) is 84.9 Å². The van der Waals surface area contributed by atoms with Gasteiger partial charge in [-0.15, -0.1) is 0 Å². The Bertz CT molecular complexity index is 999. The van der Waals surface area contributed by atoms with Crippen molar-refractivity contribution in [1.82, 2.24) is 5.32 Å². The predicted octanol–water partition coefficient (Wildman–Crippen LogP) is 3.91. The third-order valence-electron chi connectivity index (χ3n) is 4.05. The zero-order chi connectivity index (χ0) is 21.1. The van der Waals surface area contributed by atoms with Crippen LogP contribution in [0.4, 0.5) is 10.5 Å². The molecule has 1 aliphatic heterocycles. The minimum atomic E-state index is -0.794. The van der Waals surface area contributed by atoms with E-state index in [4.69, 9.17) is 9.47 Å². The van der Waals surface area contributed by atoms with Crippen molar-refractivity contribution >= 4 is 45.5 Å². The summed E-state index contributed by atoms with van der Waals surface area (Å²) in [6.07, 6.45) is 1.38. The van der Waals surface area contributed by atoms with Crippen LogP contribution < -0.4 is 19.7 Å². The van der Waals surface area contributed by atoms with Crippen LogP contribution in [0, 0.1) is 0 Å². The number of hydrogen-bond acceptors (Lipinski definition) is 5. The highest BCUT2D eigenvalue weighted by Crippen LogP contribution is 2.30. The summed E-state index contributed by atoms with van der Waals surface area (Å²) >= 11 is 3.31. The van der Waals surface area contributed by atoms with Gasteiger partial charge in [-0.25, -0.2) is 9.69 Å². The molecule has 0 unspecified atom stereocenters. The van der Waals surface area contributed by atoms with Crippen LogP contribution in [0.1, 0.15) is 19.4 Å². The quantitative estimate of drug-likeness (QED) is 0.542. The van der Waals surface area contributed by atoms with Crippen LogP contribution >= 0.6 is 15.9 Å². The number of nitrogens with one attached hydrogen (secondary N) is 1. The fourth-order valence-corrected chi connectivity index (χ4v) is 3.04. The van der Waals surface area contributed by atoms with Crippen molar-refractivity contribution in [3.63, 3.8) is 0 Å². The summed E-state index contributed by atoms with van der Waals surface area (Å²) in [6, 6.07) is 10.9. The summed E-state index contributed by atoms with van der Waals surface area (Å²) in [5.41, 5.74) is 0.751. The van der Waals surface area contributed by atoms with E-state index in [1.807, 2.05) is 13.8 Å². The standard InChI is InChI=1S/C21H19BrN2O5/c1-12(2)29-17-9-4-13(11-18(17)28-3)10-16-19(25)23-21(27)24(20(16)26)15-7-5-14(22)6-8-15/h4-12H,1-3H3,(H,23,25,27)/b16-10-. The van der Waals surface area contributed by atoms with Crippen molar-refractivity contribution in [1.29, 1.82) is 0 Å². The monoisotopic (exact) mass is 458 g/mol. The highest BCUT2D eigenvalue weighted by molar-refractivity contribution is 9.10. The van der Waals surface area contributed by atoms with Crippen LogP contribution in [0.3, 0.4) is 0 Å². The number of imide groups is 2. The van der Waals surface area contributed by atoms with Crippen LogP contribution in [-0.4, -0.2) is 31.1 Å². The van der Waals surface area contributed by atoms with Crippen molar-refractivity contribution < 1.29 is 23.9 Å². The number of rotatable bonds is 5. The van der Waals surface area contributed by atoms with Crippen LogP contribution in [-0.2, 0) is 9.59 Å². The van der Waals surface area contributed by atoms with Crippen molar-refractivity contribution in [2.45, 2.75) is 20.0 Å². The van der Waals surface area contributed by atoms with E-state index in [-0.39, 0.29) is 11.7 Å². The second kappa shape index (κ2) is 8.48. The molecule has 0 atom stereocenters. The average Bonchev–Trinajstić information content (AvgIpc) is 2.67. The van der Waals surface area contributed by atoms with Gasteiger partial charge >= 0.3 is 6.03 Å². The lowest BCUT2D eigenvalue weighted by Gasteiger charge is -2.26. The van der Waals surface area contributed by atoms with E-state index in [1.165, 1.54) is 13.2 Å². The lowest BCUT2D eigenvalue weighted by Crippen LogP contribution is -2.54. The molecule has 0 bridgehead atoms. The molecule has 29 heavy (non-hydrogen) atoms. The van der Waals surface area contributed by atoms with E-state index in [0.717, 1.165) is 9.37 Å². The molecular formula is C21H19BrN2O5. The molecule has 0 aromatic heterocycles. The normalized spacial score (nSPS) is 15.7. The SMILES string of the molecule is COc1cc(/C=C2/C(=O)NC(=O)N(c3ccc(Br)cc3)C2=O)ccc1OC(C)C. The summed E-state index contributed by atoms with van der Waals surface area (Å²) < 4.78 is 11.8. The third-order valence-corrected chi connectivity index (χ3v) is 4.58. The van der Waals surface area contributed by atoms with Gasteiger partial charge in [0, 0.05) is 4.47 Å². The number of anilines is 1. The fourth-order valence-electron chi connectivity index (χ4n) is 2.77. The molecule has 0 radical (unpaired) electrons. The molecule has 0 saturated carbocycles. The molecule has 1 fully saturated rings. The number of amides is 4. The average molecular weight is 459 g/mol. The number of halogens is 1. The molecule has 3 rings (SSSR count). The number of urea groups is 1. The number of nitrogens with zero attached hydrogens (tertiary/aromatic N) is 1. The smallest absolute Gasteiger partial charge is 0.335 e. The number of barbiturate groups is 1. The first-order valence-corrected chi connectivity index (χ1v) is 9.61. The van der Waals surface area contributed by atoms with E-state index in [1.54, 1.807) is 42.5 Å². The summed E-state index contributed by atoms with van der Waals surface area (Å²) in [5.74, 6) is -0.439. The Morgan fingerprint density at radius 3 is 2.34 bits per heavy atom. The maximum absolute atomic E-state index is 12.9. The van der Waals surface area contributed by atoms with Gasteiger partial charge in [-0.05, 0) is 61.9 Å². The van der Waals surface area contributed by atoms with Gasteiger partial charge in [0.2, 0.25) is 0 Å². The van der Waals surface area contributed by atoms with E-state index in [2.05, 4.69) is 21.2 Å². The maximum Gasteiger partial charge on any atom is 0.335 e. The second-order valence-electron chi connectivity index (χ2n) is 6.51. The van der Waals surface area contributed by atoms with Crippen LogP contribution in [0.2, 0.25) is 0 Å². The molecule has 0 spiro atoms. The molecule has 1 N–H and O–H groups in total. The van der Waals surface area contributed by atoms with Gasteiger partial charge in [-0.1, -0.05) is 22.0 Å². The molecular weight excluding hydrogens is 440 g/mol. The fraction of sp³-hybridized carbons (Fsp3) is 0.190. The van der Waals surface area contributed by atoms with Gasteiger partial charge in [0.15, 0.2) is 11.5 Å². The molecule has 8 heteroatoms. The zero-order valence-electron chi connectivity index (χ0n) is 16.1. The van der Waals surface area contributed by atoms with Crippen LogP contribution in [0.15, 0.2) is 52.5 Å². The first kappa shape index (κ1) is 20.6. The maximum atomic E-state index is 12.9. The number of hydrogen-bond donors (Lipinski definition) is 1. The molecule has 2 aromatic rings. The molecule has 0 aliphatic carbocycles. The summed E-state index contributed by atoms with van der Waals surface area (Å²) in [4.78, 5) is 38.4. The highest BCUT2D eigenvalue weighted by Gasteiger charge is 2.36. The molecule has 2 aromatic carbocycles. The lowest BCUT2D eigenvalue weighted by atomic mass is 10.1. The molecule has 1 saturated heterocycles. The Hall–Kier alpha value is -3.13. The largest absolute Gasteiger partial charge is 0.493 e. The highest BCUT2D eigenvalue weighted by atomic mass is 79.9. The van der Waals surface area contributed by atoms with E-state index < -0.39 is 17.8 Å². The Labute approximate surface area is 176 Å². The molecule has 4 amide bonds.